The molecular formula is C21H32O2. The van der Waals surface area contributed by atoms with Gasteiger partial charge in [0.15, 0.2) is 0 Å². The van der Waals surface area contributed by atoms with Crippen molar-refractivity contribution in [2.75, 3.05) is 0 Å². The average Bonchev–Trinajstić information content (AvgIpc) is 2.54. The van der Waals surface area contributed by atoms with Crippen molar-refractivity contribution < 1.29 is 10.2 Å². The number of benzene rings is 1. The third-order valence-corrected chi connectivity index (χ3v) is 4.12. The smallest absolute Gasteiger partial charge is 0.122 e. The second-order valence-electron chi connectivity index (χ2n) is 6.11. The molecule has 0 saturated carbocycles. The van der Waals surface area contributed by atoms with E-state index in [2.05, 4.69) is 38.2 Å². The Kier molecular flexibility index (Phi) is 9.94. The Morgan fingerprint density at radius 2 is 1.57 bits per heavy atom. The molecule has 1 rings (SSSR count). The maximum absolute atomic E-state index is 10.1. The van der Waals surface area contributed by atoms with Crippen LogP contribution in [0.4, 0.5) is 0 Å². The van der Waals surface area contributed by atoms with Crippen molar-refractivity contribution in [3.63, 3.8) is 0 Å². The summed E-state index contributed by atoms with van der Waals surface area (Å²) in [5.74, 6) is 0.592. The van der Waals surface area contributed by atoms with E-state index in [1.54, 1.807) is 18.2 Å². The van der Waals surface area contributed by atoms with Gasteiger partial charge >= 0.3 is 0 Å². The molecule has 0 amide bonds. The Balaban J connectivity index is 2.60. The van der Waals surface area contributed by atoms with Crippen LogP contribution in [-0.4, -0.2) is 10.2 Å². The van der Waals surface area contributed by atoms with E-state index in [-0.39, 0.29) is 17.4 Å². The van der Waals surface area contributed by atoms with Gasteiger partial charge in [0.25, 0.3) is 0 Å². The molecule has 128 valence electrons. The minimum atomic E-state index is 0.177. The van der Waals surface area contributed by atoms with Crippen molar-refractivity contribution in [3.8, 4) is 11.5 Å². The Hall–Kier alpha value is -1.70. The molecule has 0 heterocycles. The van der Waals surface area contributed by atoms with Gasteiger partial charge in [-0.1, -0.05) is 69.9 Å². The maximum atomic E-state index is 10.1. The SMILES string of the molecule is CCCCC=CCC=CCC(CCCC)c1c(O)cccc1O. The minimum Gasteiger partial charge on any atom is -0.508 e. The van der Waals surface area contributed by atoms with Crippen LogP contribution in [-0.2, 0) is 0 Å². The van der Waals surface area contributed by atoms with Crippen LogP contribution in [0.1, 0.15) is 76.7 Å². The summed E-state index contributed by atoms with van der Waals surface area (Å²) in [4.78, 5) is 0. The zero-order valence-corrected chi connectivity index (χ0v) is 14.7. The summed E-state index contributed by atoms with van der Waals surface area (Å²) < 4.78 is 0. The Labute approximate surface area is 141 Å². The van der Waals surface area contributed by atoms with Crippen molar-refractivity contribution in [2.45, 2.75) is 71.1 Å². The molecule has 0 aliphatic carbocycles. The molecule has 2 heteroatoms. The highest BCUT2D eigenvalue weighted by molar-refractivity contribution is 5.45. The number of phenols is 2. The third kappa shape index (κ3) is 7.40. The van der Waals surface area contributed by atoms with Crippen LogP contribution in [0, 0.1) is 0 Å². The van der Waals surface area contributed by atoms with Gasteiger partial charge in [0.05, 0.1) is 0 Å². The third-order valence-electron chi connectivity index (χ3n) is 4.12. The van der Waals surface area contributed by atoms with E-state index in [0.29, 0.717) is 5.56 Å². The second kappa shape index (κ2) is 11.8. The summed E-state index contributed by atoms with van der Waals surface area (Å²) in [6.45, 7) is 4.37. The van der Waals surface area contributed by atoms with Gasteiger partial charge in [-0.05, 0) is 43.7 Å². The molecule has 23 heavy (non-hydrogen) atoms. The van der Waals surface area contributed by atoms with E-state index in [1.165, 1.54) is 12.8 Å². The van der Waals surface area contributed by atoms with Crippen LogP contribution in [0.3, 0.4) is 0 Å². The van der Waals surface area contributed by atoms with Gasteiger partial charge in [-0.25, -0.2) is 0 Å². The number of phenolic OH excluding ortho intramolecular Hbond substituents is 2. The lowest BCUT2D eigenvalue weighted by Crippen LogP contribution is -1.99. The zero-order valence-electron chi connectivity index (χ0n) is 14.7. The van der Waals surface area contributed by atoms with Crippen molar-refractivity contribution in [1.29, 1.82) is 0 Å². The van der Waals surface area contributed by atoms with Crippen molar-refractivity contribution in [2.24, 2.45) is 0 Å². The Bertz CT molecular complexity index is 468. The van der Waals surface area contributed by atoms with Crippen molar-refractivity contribution in [1.82, 2.24) is 0 Å². The molecule has 0 radical (unpaired) electrons. The number of rotatable bonds is 11. The highest BCUT2D eigenvalue weighted by atomic mass is 16.3. The Morgan fingerprint density at radius 3 is 2.22 bits per heavy atom. The summed E-state index contributed by atoms with van der Waals surface area (Å²) in [7, 11) is 0. The van der Waals surface area contributed by atoms with Crippen LogP contribution in [0.5, 0.6) is 11.5 Å². The van der Waals surface area contributed by atoms with Gasteiger partial charge in [-0.3, -0.25) is 0 Å². The topological polar surface area (TPSA) is 40.5 Å². The van der Waals surface area contributed by atoms with Gasteiger partial charge in [0.2, 0.25) is 0 Å². The zero-order chi connectivity index (χ0) is 16.9. The number of aromatic hydroxyl groups is 2. The summed E-state index contributed by atoms with van der Waals surface area (Å²) in [5, 5.41) is 20.2. The van der Waals surface area contributed by atoms with Crippen molar-refractivity contribution in [3.05, 3.63) is 48.1 Å². The maximum Gasteiger partial charge on any atom is 0.122 e. The molecular weight excluding hydrogens is 284 g/mol. The lowest BCUT2D eigenvalue weighted by molar-refractivity contribution is 0.421. The van der Waals surface area contributed by atoms with Gasteiger partial charge in [-0.2, -0.15) is 0 Å². The second-order valence-corrected chi connectivity index (χ2v) is 6.11. The molecule has 2 N–H and O–H groups in total. The van der Waals surface area contributed by atoms with Crippen LogP contribution < -0.4 is 0 Å². The standard InChI is InChI=1S/C21H32O2/c1-3-5-7-8-9-10-11-12-15-18(14-6-4-2)21-19(22)16-13-17-20(21)23/h8-9,11-13,16-18,22-23H,3-7,10,14-15H2,1-2H3. The van der Waals surface area contributed by atoms with Gasteiger partial charge in [0, 0.05) is 5.56 Å². The molecule has 2 nitrogen and oxygen atoms in total. The monoisotopic (exact) mass is 316 g/mol. The van der Waals surface area contributed by atoms with E-state index in [4.69, 9.17) is 0 Å². The first-order valence-electron chi connectivity index (χ1n) is 9.01. The van der Waals surface area contributed by atoms with Crippen LogP contribution in [0.15, 0.2) is 42.5 Å². The van der Waals surface area contributed by atoms with Crippen LogP contribution >= 0.6 is 0 Å². The van der Waals surface area contributed by atoms with Crippen LogP contribution in [0.25, 0.3) is 0 Å². The number of hydrogen-bond acceptors (Lipinski definition) is 2. The molecule has 1 aromatic rings. The fourth-order valence-electron chi connectivity index (χ4n) is 2.76. The van der Waals surface area contributed by atoms with Gasteiger partial charge < -0.3 is 10.2 Å². The fourth-order valence-corrected chi connectivity index (χ4v) is 2.76. The average molecular weight is 316 g/mol. The van der Waals surface area contributed by atoms with Gasteiger partial charge in [-0.15, -0.1) is 0 Å². The molecule has 1 atom stereocenters. The first-order chi connectivity index (χ1) is 11.2. The summed E-state index contributed by atoms with van der Waals surface area (Å²) in [6.07, 6.45) is 17.5. The predicted molar refractivity (Wildman–Crippen MR) is 99.1 cm³/mol. The largest absolute Gasteiger partial charge is 0.508 e. The molecule has 0 saturated heterocycles. The fraction of sp³-hybridized carbons (Fsp3) is 0.524. The molecule has 0 aliphatic heterocycles. The number of unbranched alkanes of at least 4 members (excludes halogenated alkanes) is 3. The summed E-state index contributed by atoms with van der Waals surface area (Å²) in [5.41, 5.74) is 0.698. The molecule has 0 bridgehead atoms. The molecule has 1 unspecified atom stereocenters. The molecule has 0 aliphatic rings. The highest BCUT2D eigenvalue weighted by Gasteiger charge is 2.17. The highest BCUT2D eigenvalue weighted by Crippen LogP contribution is 2.38. The first-order valence-corrected chi connectivity index (χ1v) is 9.01. The van der Waals surface area contributed by atoms with Crippen molar-refractivity contribution >= 4 is 0 Å². The molecule has 0 aromatic heterocycles. The Morgan fingerprint density at radius 1 is 0.913 bits per heavy atom. The number of allylic oxidation sites excluding steroid dienone is 4. The van der Waals surface area contributed by atoms with Crippen LogP contribution in [0.2, 0.25) is 0 Å². The van der Waals surface area contributed by atoms with E-state index >= 15 is 0 Å². The lowest BCUT2D eigenvalue weighted by atomic mass is 9.89. The number of hydrogen-bond donors (Lipinski definition) is 2. The summed E-state index contributed by atoms with van der Waals surface area (Å²) in [6, 6.07) is 5.00. The quantitative estimate of drug-likeness (QED) is 0.363. The molecule has 1 aromatic carbocycles. The van der Waals surface area contributed by atoms with E-state index in [9.17, 15) is 10.2 Å². The van der Waals surface area contributed by atoms with E-state index in [1.807, 2.05) is 0 Å². The van der Waals surface area contributed by atoms with Gasteiger partial charge in [0.1, 0.15) is 11.5 Å². The molecule has 0 spiro atoms. The lowest BCUT2D eigenvalue weighted by Gasteiger charge is -2.18. The van der Waals surface area contributed by atoms with E-state index < -0.39 is 0 Å². The van der Waals surface area contributed by atoms with E-state index in [0.717, 1.165) is 38.5 Å². The first kappa shape index (κ1) is 19.3. The predicted octanol–water partition coefficient (Wildman–Crippen LogP) is 6.45. The summed E-state index contributed by atoms with van der Waals surface area (Å²) >= 11 is 0. The minimum absolute atomic E-state index is 0.177. The normalized spacial score (nSPS) is 13.1. The molecule has 0 fully saturated rings.